The summed E-state index contributed by atoms with van der Waals surface area (Å²) in [5.41, 5.74) is 0.517. The molecule has 0 spiro atoms. The molecule has 3 N–H and O–H groups in total. The normalized spacial score (nSPS) is 12.2. The first-order chi connectivity index (χ1) is 6.52. The maximum atomic E-state index is 9.71. The second-order valence-electron chi connectivity index (χ2n) is 3.28. The topological polar surface area (TPSA) is 67.6 Å². The molecule has 0 aliphatic rings. The van der Waals surface area contributed by atoms with Gasteiger partial charge in [0.1, 0.15) is 17.7 Å². The van der Waals surface area contributed by atoms with E-state index in [1.807, 2.05) is 0 Å². The smallest absolute Gasteiger partial charge is 0.136 e. The van der Waals surface area contributed by atoms with E-state index in [0.29, 0.717) is 5.56 Å². The standard InChI is InChI=1S/C10H14N2O2/c1-12(2)10(11)9(14)7-4-3-5-8(13)6-7/h3-6,9,11,13-14H,1-2H3. The van der Waals surface area contributed by atoms with Crippen LogP contribution in [0.1, 0.15) is 11.7 Å². The van der Waals surface area contributed by atoms with Crippen molar-refractivity contribution in [2.75, 3.05) is 14.1 Å². The predicted molar refractivity (Wildman–Crippen MR) is 54.5 cm³/mol. The summed E-state index contributed by atoms with van der Waals surface area (Å²) in [4.78, 5) is 1.52. The number of phenols is 1. The summed E-state index contributed by atoms with van der Waals surface area (Å²) >= 11 is 0. The van der Waals surface area contributed by atoms with Gasteiger partial charge >= 0.3 is 0 Å². The summed E-state index contributed by atoms with van der Waals surface area (Å²) < 4.78 is 0. The maximum Gasteiger partial charge on any atom is 0.136 e. The monoisotopic (exact) mass is 194 g/mol. The molecule has 0 amide bonds. The second-order valence-corrected chi connectivity index (χ2v) is 3.28. The summed E-state index contributed by atoms with van der Waals surface area (Å²) in [5.74, 6) is 0.184. The minimum absolute atomic E-state index is 0.0908. The highest BCUT2D eigenvalue weighted by Gasteiger charge is 2.15. The van der Waals surface area contributed by atoms with Gasteiger partial charge in [0.25, 0.3) is 0 Å². The Bertz CT molecular complexity index is 337. The fraction of sp³-hybridized carbons (Fsp3) is 0.300. The van der Waals surface area contributed by atoms with Crippen LogP contribution in [0.5, 0.6) is 5.75 Å². The molecule has 0 bridgehead atoms. The van der Waals surface area contributed by atoms with Gasteiger partial charge in [-0.15, -0.1) is 0 Å². The lowest BCUT2D eigenvalue weighted by molar-refractivity contribution is 0.231. The number of benzene rings is 1. The summed E-state index contributed by atoms with van der Waals surface area (Å²) in [6.07, 6.45) is -0.989. The molecule has 0 radical (unpaired) electrons. The number of nitrogens with one attached hydrogen (secondary N) is 1. The van der Waals surface area contributed by atoms with Gasteiger partial charge < -0.3 is 15.1 Å². The number of hydrogen-bond acceptors (Lipinski definition) is 3. The van der Waals surface area contributed by atoms with Gasteiger partial charge in [0.05, 0.1) is 0 Å². The van der Waals surface area contributed by atoms with Crippen LogP contribution in [0.2, 0.25) is 0 Å². The van der Waals surface area contributed by atoms with Gasteiger partial charge in [-0.2, -0.15) is 0 Å². The number of aliphatic hydroxyl groups excluding tert-OH is 1. The molecule has 4 heteroatoms. The average Bonchev–Trinajstić information content (AvgIpc) is 2.15. The van der Waals surface area contributed by atoms with Crippen molar-refractivity contribution in [3.8, 4) is 5.75 Å². The van der Waals surface area contributed by atoms with Crippen LogP contribution < -0.4 is 0 Å². The molecule has 4 nitrogen and oxygen atoms in total. The summed E-state index contributed by atoms with van der Waals surface area (Å²) in [5, 5.41) is 26.4. The van der Waals surface area contributed by atoms with Crippen molar-refractivity contribution in [2.45, 2.75) is 6.10 Å². The molecule has 1 rings (SSSR count). The zero-order valence-corrected chi connectivity index (χ0v) is 8.23. The van der Waals surface area contributed by atoms with Gasteiger partial charge in [0.2, 0.25) is 0 Å². The van der Waals surface area contributed by atoms with Crippen LogP contribution >= 0.6 is 0 Å². The van der Waals surface area contributed by atoms with Gasteiger partial charge in [0.15, 0.2) is 0 Å². The van der Waals surface area contributed by atoms with Gasteiger partial charge in [-0.3, -0.25) is 5.41 Å². The Balaban J connectivity index is 2.89. The summed E-state index contributed by atoms with van der Waals surface area (Å²) in [6, 6.07) is 6.28. The number of aromatic hydroxyl groups is 1. The molecule has 0 aromatic heterocycles. The summed E-state index contributed by atoms with van der Waals surface area (Å²) in [7, 11) is 3.38. The number of phenolic OH excluding ortho intramolecular Hbond substituents is 1. The van der Waals surface area contributed by atoms with E-state index in [1.165, 1.54) is 17.0 Å². The Hall–Kier alpha value is -1.55. The number of likely N-dealkylation sites (N-methyl/N-ethyl adjacent to an activating group) is 1. The molecule has 0 fully saturated rings. The van der Waals surface area contributed by atoms with Gasteiger partial charge in [0, 0.05) is 14.1 Å². The lowest BCUT2D eigenvalue weighted by Gasteiger charge is -2.19. The molecule has 1 atom stereocenters. The van der Waals surface area contributed by atoms with Crippen molar-refractivity contribution in [3.05, 3.63) is 29.8 Å². The van der Waals surface area contributed by atoms with Crippen LogP contribution in [0.3, 0.4) is 0 Å². The molecule has 1 aromatic rings. The number of nitrogens with zero attached hydrogens (tertiary/aromatic N) is 1. The van der Waals surface area contributed by atoms with Crippen molar-refractivity contribution in [3.63, 3.8) is 0 Å². The first-order valence-electron chi connectivity index (χ1n) is 4.25. The third-order valence-corrected chi connectivity index (χ3v) is 1.93. The van der Waals surface area contributed by atoms with Gasteiger partial charge in [-0.05, 0) is 17.7 Å². The van der Waals surface area contributed by atoms with Gasteiger partial charge in [-0.25, -0.2) is 0 Å². The minimum Gasteiger partial charge on any atom is -0.508 e. The Kier molecular flexibility index (Phi) is 3.09. The molecule has 0 aliphatic carbocycles. The Morgan fingerprint density at radius 3 is 2.57 bits per heavy atom. The molecule has 14 heavy (non-hydrogen) atoms. The van der Waals surface area contributed by atoms with Crippen LogP contribution in [0.4, 0.5) is 0 Å². The quantitative estimate of drug-likeness (QED) is 0.485. The lowest BCUT2D eigenvalue weighted by atomic mass is 10.1. The molecule has 1 aromatic carbocycles. The Labute approximate surface area is 82.9 Å². The van der Waals surface area contributed by atoms with E-state index in [0.717, 1.165) is 0 Å². The minimum atomic E-state index is -0.989. The third-order valence-electron chi connectivity index (χ3n) is 1.93. The molecule has 0 aliphatic heterocycles. The average molecular weight is 194 g/mol. The largest absolute Gasteiger partial charge is 0.508 e. The molecule has 0 heterocycles. The van der Waals surface area contributed by atoms with Crippen molar-refractivity contribution in [1.82, 2.24) is 4.90 Å². The molecule has 0 saturated carbocycles. The van der Waals surface area contributed by atoms with E-state index in [9.17, 15) is 10.2 Å². The molecule has 76 valence electrons. The summed E-state index contributed by atoms with van der Waals surface area (Å²) in [6.45, 7) is 0. The second kappa shape index (κ2) is 4.11. The molecular formula is C10H14N2O2. The fourth-order valence-corrected chi connectivity index (χ4v) is 1.10. The van der Waals surface area contributed by atoms with Crippen LogP contribution in [0.15, 0.2) is 24.3 Å². The highest BCUT2D eigenvalue weighted by atomic mass is 16.3. The Morgan fingerprint density at radius 2 is 2.07 bits per heavy atom. The van der Waals surface area contributed by atoms with Gasteiger partial charge in [-0.1, -0.05) is 12.1 Å². The molecule has 1 unspecified atom stereocenters. The number of aliphatic hydroxyl groups is 1. The van der Waals surface area contributed by atoms with E-state index in [4.69, 9.17) is 5.41 Å². The maximum absolute atomic E-state index is 9.71. The lowest BCUT2D eigenvalue weighted by Crippen LogP contribution is -2.27. The van der Waals surface area contributed by atoms with Crippen molar-refractivity contribution in [2.24, 2.45) is 0 Å². The predicted octanol–water partition coefficient (Wildman–Crippen LogP) is 0.964. The fourth-order valence-electron chi connectivity index (χ4n) is 1.10. The van der Waals surface area contributed by atoms with Crippen LogP contribution in [0.25, 0.3) is 0 Å². The third kappa shape index (κ3) is 2.23. The van der Waals surface area contributed by atoms with Crippen LogP contribution in [-0.4, -0.2) is 35.0 Å². The van der Waals surface area contributed by atoms with Crippen LogP contribution in [0, 0.1) is 5.41 Å². The number of amidine groups is 1. The number of rotatable bonds is 2. The zero-order chi connectivity index (χ0) is 10.7. The van der Waals surface area contributed by atoms with E-state index >= 15 is 0 Å². The SMILES string of the molecule is CN(C)C(=N)C(O)c1cccc(O)c1. The first kappa shape index (κ1) is 10.5. The highest BCUT2D eigenvalue weighted by molar-refractivity contribution is 5.84. The van der Waals surface area contributed by atoms with Crippen LogP contribution in [-0.2, 0) is 0 Å². The van der Waals surface area contributed by atoms with Crippen molar-refractivity contribution in [1.29, 1.82) is 5.41 Å². The molecule has 0 saturated heterocycles. The number of hydrogen-bond donors (Lipinski definition) is 3. The first-order valence-corrected chi connectivity index (χ1v) is 4.25. The van der Waals surface area contributed by atoms with E-state index in [-0.39, 0.29) is 11.6 Å². The highest BCUT2D eigenvalue weighted by Crippen LogP contribution is 2.19. The zero-order valence-electron chi connectivity index (χ0n) is 8.23. The molecular weight excluding hydrogens is 180 g/mol. The van der Waals surface area contributed by atoms with E-state index < -0.39 is 6.10 Å². The van der Waals surface area contributed by atoms with Crippen molar-refractivity contribution >= 4 is 5.84 Å². The van der Waals surface area contributed by atoms with E-state index in [1.54, 1.807) is 26.2 Å². The van der Waals surface area contributed by atoms with Crippen molar-refractivity contribution < 1.29 is 10.2 Å². The Morgan fingerprint density at radius 1 is 1.43 bits per heavy atom. The van der Waals surface area contributed by atoms with E-state index in [2.05, 4.69) is 0 Å².